The minimum Gasteiger partial charge on any atom is -0.361 e. The van der Waals surface area contributed by atoms with Gasteiger partial charge in [-0.05, 0) is 42.8 Å². The summed E-state index contributed by atoms with van der Waals surface area (Å²) in [5.41, 5.74) is 5.22. The molecule has 9 heteroatoms. The number of hydrogen-bond donors (Lipinski definition) is 4. The van der Waals surface area contributed by atoms with Crippen molar-refractivity contribution in [2.75, 3.05) is 13.1 Å². The number of carbonyl (C=O) groups is 1. The molecular formula is C16H24N4O3S2. The average Bonchev–Trinajstić information content (AvgIpc) is 2.57. The summed E-state index contributed by atoms with van der Waals surface area (Å²) >= 11 is 5.06. The van der Waals surface area contributed by atoms with Gasteiger partial charge in [-0.3, -0.25) is 15.6 Å². The minimum absolute atomic E-state index is 0.000338. The van der Waals surface area contributed by atoms with E-state index in [-0.39, 0.29) is 17.0 Å². The third-order valence-corrected chi connectivity index (χ3v) is 4.79. The van der Waals surface area contributed by atoms with Crippen molar-refractivity contribution >= 4 is 33.3 Å². The molecular weight excluding hydrogens is 360 g/mol. The zero-order valence-corrected chi connectivity index (χ0v) is 16.0. The molecule has 0 fully saturated rings. The van der Waals surface area contributed by atoms with Gasteiger partial charge in [-0.2, -0.15) is 0 Å². The van der Waals surface area contributed by atoms with Crippen LogP contribution in [0, 0.1) is 5.92 Å². The zero-order chi connectivity index (χ0) is 18.9. The summed E-state index contributed by atoms with van der Waals surface area (Å²) in [6.07, 6.45) is 2.39. The second kappa shape index (κ2) is 10.1. The van der Waals surface area contributed by atoms with Gasteiger partial charge >= 0.3 is 0 Å². The number of amides is 1. The van der Waals surface area contributed by atoms with Gasteiger partial charge in [-0.1, -0.05) is 26.0 Å². The number of thiocarbonyl (C=S) groups is 1. The Morgan fingerprint density at radius 3 is 2.68 bits per heavy atom. The molecule has 25 heavy (non-hydrogen) atoms. The van der Waals surface area contributed by atoms with E-state index in [9.17, 15) is 13.2 Å². The normalized spacial score (nSPS) is 11.0. The Hall–Kier alpha value is -1.97. The molecule has 0 radical (unpaired) electrons. The number of sulfonamides is 1. The number of benzene rings is 1. The quantitative estimate of drug-likeness (QED) is 0.306. The van der Waals surface area contributed by atoms with Crippen LogP contribution in [-0.2, 0) is 10.0 Å². The number of carbonyl (C=O) groups excluding carboxylic acids is 1. The predicted octanol–water partition coefficient (Wildman–Crippen LogP) is 1.31. The third kappa shape index (κ3) is 7.63. The fraction of sp³-hybridized carbons (Fsp3) is 0.375. The fourth-order valence-corrected chi connectivity index (χ4v) is 2.96. The van der Waals surface area contributed by atoms with E-state index in [4.69, 9.17) is 12.2 Å². The molecule has 0 aliphatic heterocycles. The highest BCUT2D eigenvalue weighted by molar-refractivity contribution is 7.89. The van der Waals surface area contributed by atoms with E-state index >= 15 is 0 Å². The lowest BCUT2D eigenvalue weighted by Crippen LogP contribution is -2.47. The van der Waals surface area contributed by atoms with Crippen molar-refractivity contribution in [3.8, 4) is 0 Å². The largest absolute Gasteiger partial charge is 0.361 e. The van der Waals surface area contributed by atoms with Crippen molar-refractivity contribution in [1.29, 1.82) is 0 Å². The molecule has 138 valence electrons. The van der Waals surface area contributed by atoms with Crippen LogP contribution in [-0.4, -0.2) is 32.5 Å². The van der Waals surface area contributed by atoms with Crippen molar-refractivity contribution in [1.82, 2.24) is 20.9 Å². The topological polar surface area (TPSA) is 99.3 Å². The van der Waals surface area contributed by atoms with Crippen LogP contribution in [0.2, 0.25) is 0 Å². The number of nitrogens with one attached hydrogen (secondary N) is 4. The standard InChI is InChI=1S/C16H24N4O3S2/c1-4-9-18-25(22,23)14-7-5-6-13(11-14)15(21)19-20-16(24)17-10-8-12(2)3/h4-7,11-12,18H,1,8-10H2,2-3H3,(H,19,21)(H2,17,20,24). The minimum atomic E-state index is -3.69. The Morgan fingerprint density at radius 1 is 1.32 bits per heavy atom. The molecule has 0 atom stereocenters. The van der Waals surface area contributed by atoms with E-state index < -0.39 is 15.9 Å². The molecule has 0 saturated heterocycles. The first-order valence-electron chi connectivity index (χ1n) is 7.81. The molecule has 0 spiro atoms. The molecule has 7 nitrogen and oxygen atoms in total. The molecule has 1 amide bonds. The molecule has 0 unspecified atom stereocenters. The first-order valence-corrected chi connectivity index (χ1v) is 9.70. The summed E-state index contributed by atoms with van der Waals surface area (Å²) < 4.78 is 26.5. The molecule has 0 heterocycles. The smallest absolute Gasteiger partial charge is 0.269 e. The summed E-state index contributed by atoms with van der Waals surface area (Å²) in [6, 6.07) is 5.71. The number of rotatable bonds is 8. The second-order valence-corrected chi connectivity index (χ2v) is 7.86. The van der Waals surface area contributed by atoms with Crippen LogP contribution >= 0.6 is 12.2 Å². The summed E-state index contributed by atoms with van der Waals surface area (Å²) in [6.45, 7) is 8.47. The highest BCUT2D eigenvalue weighted by Crippen LogP contribution is 2.11. The van der Waals surface area contributed by atoms with Gasteiger partial charge in [0.25, 0.3) is 5.91 Å². The van der Waals surface area contributed by atoms with E-state index in [0.717, 1.165) is 6.42 Å². The van der Waals surface area contributed by atoms with Gasteiger partial charge in [-0.15, -0.1) is 6.58 Å². The van der Waals surface area contributed by atoms with E-state index in [1.54, 1.807) is 0 Å². The lowest BCUT2D eigenvalue weighted by molar-refractivity contribution is 0.0943. The zero-order valence-electron chi connectivity index (χ0n) is 14.3. The lowest BCUT2D eigenvalue weighted by Gasteiger charge is -2.13. The van der Waals surface area contributed by atoms with Gasteiger partial charge in [-0.25, -0.2) is 13.1 Å². The lowest BCUT2D eigenvalue weighted by atomic mass is 10.1. The second-order valence-electron chi connectivity index (χ2n) is 5.69. The van der Waals surface area contributed by atoms with E-state index in [1.807, 2.05) is 0 Å². The van der Waals surface area contributed by atoms with Gasteiger partial charge in [0.05, 0.1) is 4.90 Å². The number of hydrogen-bond acceptors (Lipinski definition) is 4. The predicted molar refractivity (Wildman–Crippen MR) is 102 cm³/mol. The van der Waals surface area contributed by atoms with Gasteiger partial charge in [0.15, 0.2) is 5.11 Å². The Bertz CT molecular complexity index is 718. The summed E-state index contributed by atoms with van der Waals surface area (Å²) in [5, 5.41) is 3.27. The van der Waals surface area contributed by atoms with E-state index in [0.29, 0.717) is 17.6 Å². The van der Waals surface area contributed by atoms with Crippen molar-refractivity contribution in [2.45, 2.75) is 25.2 Å². The van der Waals surface area contributed by atoms with Crippen molar-refractivity contribution < 1.29 is 13.2 Å². The van der Waals surface area contributed by atoms with Crippen LogP contribution in [0.1, 0.15) is 30.6 Å². The Balaban J connectivity index is 2.63. The number of hydrazine groups is 1. The highest BCUT2D eigenvalue weighted by atomic mass is 32.2. The van der Waals surface area contributed by atoms with Crippen LogP contribution in [0.25, 0.3) is 0 Å². The molecule has 0 saturated carbocycles. The van der Waals surface area contributed by atoms with Crippen LogP contribution in [0.5, 0.6) is 0 Å². The van der Waals surface area contributed by atoms with Crippen LogP contribution in [0.15, 0.2) is 41.8 Å². The SMILES string of the molecule is C=CCNS(=O)(=O)c1cccc(C(=O)NNC(=S)NCCC(C)C)c1. The Morgan fingerprint density at radius 2 is 2.04 bits per heavy atom. The van der Waals surface area contributed by atoms with Gasteiger partial charge < -0.3 is 5.32 Å². The maximum Gasteiger partial charge on any atom is 0.269 e. The molecule has 0 bridgehead atoms. The van der Waals surface area contributed by atoms with Crippen molar-refractivity contribution in [3.63, 3.8) is 0 Å². The molecule has 0 aromatic heterocycles. The molecule has 1 rings (SSSR count). The highest BCUT2D eigenvalue weighted by Gasteiger charge is 2.15. The first-order chi connectivity index (χ1) is 11.8. The van der Waals surface area contributed by atoms with Crippen LogP contribution < -0.4 is 20.9 Å². The summed E-state index contributed by atoms with van der Waals surface area (Å²) in [7, 11) is -3.69. The Labute approximate surface area is 154 Å². The van der Waals surface area contributed by atoms with Crippen molar-refractivity contribution in [2.24, 2.45) is 5.92 Å². The third-order valence-electron chi connectivity index (χ3n) is 3.12. The van der Waals surface area contributed by atoms with Gasteiger partial charge in [0, 0.05) is 18.7 Å². The molecule has 0 aliphatic carbocycles. The van der Waals surface area contributed by atoms with Crippen LogP contribution in [0.3, 0.4) is 0 Å². The fourth-order valence-electron chi connectivity index (χ4n) is 1.76. The molecule has 1 aromatic rings. The van der Waals surface area contributed by atoms with E-state index in [1.165, 1.54) is 30.3 Å². The van der Waals surface area contributed by atoms with Gasteiger partial charge in [0.2, 0.25) is 10.0 Å². The maximum atomic E-state index is 12.1. The monoisotopic (exact) mass is 384 g/mol. The van der Waals surface area contributed by atoms with Crippen LogP contribution in [0.4, 0.5) is 0 Å². The Kier molecular flexibility index (Phi) is 8.53. The molecule has 0 aliphatic rings. The summed E-state index contributed by atoms with van der Waals surface area (Å²) in [4.78, 5) is 12.1. The first kappa shape index (κ1) is 21.1. The summed E-state index contributed by atoms with van der Waals surface area (Å²) in [5.74, 6) is 0.0538. The van der Waals surface area contributed by atoms with Crippen molar-refractivity contribution in [3.05, 3.63) is 42.5 Å². The maximum absolute atomic E-state index is 12.1. The molecule has 4 N–H and O–H groups in total. The molecule has 1 aromatic carbocycles. The van der Waals surface area contributed by atoms with Gasteiger partial charge in [0.1, 0.15) is 0 Å². The average molecular weight is 385 g/mol. The van der Waals surface area contributed by atoms with E-state index in [2.05, 4.69) is 41.3 Å².